The summed E-state index contributed by atoms with van der Waals surface area (Å²) in [4.78, 5) is 4.05. The van der Waals surface area contributed by atoms with E-state index in [-0.39, 0.29) is 16.2 Å². The second-order valence-corrected chi connectivity index (χ2v) is 7.49. The van der Waals surface area contributed by atoms with Crippen LogP contribution in [0.1, 0.15) is 13.3 Å². The average molecular weight is 397 g/mol. The Morgan fingerprint density at radius 3 is 2.90 bits per heavy atom. The molecule has 0 spiro atoms. The molecule has 0 aliphatic heterocycles. The summed E-state index contributed by atoms with van der Waals surface area (Å²) in [5, 5.41) is -0.121. The van der Waals surface area contributed by atoms with Crippen LogP contribution >= 0.6 is 27.5 Å². The SMILES string of the molecule is COCCC(C)NS(=O)(=O)c1c(Cl)nc2ccc(Br)cn12. The highest BCUT2D eigenvalue weighted by atomic mass is 79.9. The number of ether oxygens (including phenoxy) is 1. The molecule has 0 saturated heterocycles. The monoisotopic (exact) mass is 395 g/mol. The molecule has 2 heterocycles. The van der Waals surface area contributed by atoms with Gasteiger partial charge in [0.05, 0.1) is 0 Å². The molecule has 21 heavy (non-hydrogen) atoms. The van der Waals surface area contributed by atoms with E-state index in [9.17, 15) is 8.42 Å². The lowest BCUT2D eigenvalue weighted by molar-refractivity contribution is 0.188. The number of aromatic nitrogens is 2. The minimum absolute atomic E-state index is 0.0560. The van der Waals surface area contributed by atoms with E-state index in [1.54, 1.807) is 32.4 Å². The summed E-state index contributed by atoms with van der Waals surface area (Å²) in [7, 11) is -2.21. The lowest BCUT2D eigenvalue weighted by Gasteiger charge is -2.13. The van der Waals surface area contributed by atoms with Gasteiger partial charge in [-0.15, -0.1) is 0 Å². The summed E-state index contributed by atoms with van der Waals surface area (Å²) in [5.74, 6) is 0. The quantitative estimate of drug-likeness (QED) is 0.814. The van der Waals surface area contributed by atoms with Crippen LogP contribution < -0.4 is 4.72 Å². The van der Waals surface area contributed by atoms with Gasteiger partial charge < -0.3 is 4.74 Å². The Kier molecular flexibility index (Phi) is 5.26. The molecule has 2 aromatic heterocycles. The first-order valence-corrected chi connectivity index (χ1v) is 8.85. The van der Waals surface area contributed by atoms with Crippen molar-refractivity contribution in [2.24, 2.45) is 0 Å². The second-order valence-electron chi connectivity index (χ2n) is 4.59. The number of rotatable bonds is 6. The number of halogens is 2. The first kappa shape index (κ1) is 16.7. The molecule has 1 atom stereocenters. The van der Waals surface area contributed by atoms with E-state index in [4.69, 9.17) is 16.3 Å². The molecule has 1 N–H and O–H groups in total. The highest BCUT2D eigenvalue weighted by molar-refractivity contribution is 9.10. The van der Waals surface area contributed by atoms with Crippen molar-refractivity contribution in [1.29, 1.82) is 0 Å². The van der Waals surface area contributed by atoms with Crippen LogP contribution in [0.3, 0.4) is 0 Å². The zero-order valence-corrected chi connectivity index (χ0v) is 14.7. The van der Waals surface area contributed by atoms with Gasteiger partial charge in [0.1, 0.15) is 5.65 Å². The first-order valence-electron chi connectivity index (χ1n) is 6.19. The van der Waals surface area contributed by atoms with Crippen molar-refractivity contribution < 1.29 is 13.2 Å². The third kappa shape index (κ3) is 3.75. The highest BCUT2D eigenvalue weighted by Gasteiger charge is 2.26. The van der Waals surface area contributed by atoms with Crippen molar-refractivity contribution in [3.63, 3.8) is 0 Å². The van der Waals surface area contributed by atoms with Crippen molar-refractivity contribution in [1.82, 2.24) is 14.1 Å². The molecule has 0 radical (unpaired) electrons. The molecule has 9 heteroatoms. The van der Waals surface area contributed by atoms with Gasteiger partial charge in [0.25, 0.3) is 10.0 Å². The van der Waals surface area contributed by atoms with Crippen LogP contribution in [0, 0.1) is 0 Å². The van der Waals surface area contributed by atoms with Gasteiger partial charge in [-0.3, -0.25) is 4.40 Å². The van der Waals surface area contributed by atoms with Crippen LogP contribution in [0.25, 0.3) is 5.65 Å². The number of methoxy groups -OCH3 is 1. The Morgan fingerprint density at radius 1 is 1.52 bits per heavy atom. The number of fused-ring (bicyclic) bond motifs is 1. The van der Waals surface area contributed by atoms with Crippen LogP contribution in [-0.4, -0.2) is 37.6 Å². The summed E-state index contributed by atoms with van der Waals surface area (Å²) in [5.41, 5.74) is 0.466. The molecule has 1 unspecified atom stereocenters. The third-order valence-corrected chi connectivity index (χ3v) is 5.32. The Balaban J connectivity index is 2.40. The normalized spacial score (nSPS) is 13.7. The van der Waals surface area contributed by atoms with E-state index in [1.807, 2.05) is 0 Å². The fourth-order valence-corrected chi connectivity index (χ4v) is 4.13. The number of pyridine rings is 1. The van der Waals surface area contributed by atoms with Crippen molar-refractivity contribution in [3.05, 3.63) is 28.0 Å². The lowest BCUT2D eigenvalue weighted by Crippen LogP contribution is -2.34. The van der Waals surface area contributed by atoms with Gasteiger partial charge in [0.15, 0.2) is 10.2 Å². The first-order chi connectivity index (χ1) is 9.85. The smallest absolute Gasteiger partial charge is 0.260 e. The van der Waals surface area contributed by atoms with Crippen LogP contribution in [0.5, 0.6) is 0 Å². The second kappa shape index (κ2) is 6.62. The molecular formula is C12H15BrClN3O3S. The molecule has 0 aliphatic rings. The average Bonchev–Trinajstić information content (AvgIpc) is 2.71. The van der Waals surface area contributed by atoms with Crippen molar-refractivity contribution >= 4 is 43.2 Å². The van der Waals surface area contributed by atoms with Gasteiger partial charge in [0.2, 0.25) is 0 Å². The van der Waals surface area contributed by atoms with E-state index in [1.165, 1.54) is 4.40 Å². The van der Waals surface area contributed by atoms with E-state index in [0.29, 0.717) is 18.7 Å². The molecule has 0 bridgehead atoms. The van der Waals surface area contributed by atoms with E-state index in [0.717, 1.165) is 4.47 Å². The van der Waals surface area contributed by atoms with Crippen LogP contribution in [-0.2, 0) is 14.8 Å². The summed E-state index contributed by atoms with van der Waals surface area (Å²) >= 11 is 9.31. The summed E-state index contributed by atoms with van der Waals surface area (Å²) in [6.07, 6.45) is 2.18. The van der Waals surface area contributed by atoms with Gasteiger partial charge in [-0.1, -0.05) is 11.6 Å². The maximum absolute atomic E-state index is 12.5. The molecule has 0 saturated carbocycles. The maximum atomic E-state index is 12.5. The Morgan fingerprint density at radius 2 is 2.24 bits per heavy atom. The molecule has 116 valence electrons. The van der Waals surface area contributed by atoms with E-state index in [2.05, 4.69) is 25.6 Å². The summed E-state index contributed by atoms with van der Waals surface area (Å²) in [6, 6.07) is 3.18. The van der Waals surface area contributed by atoms with Crippen LogP contribution in [0.2, 0.25) is 5.15 Å². The number of imidazole rings is 1. The molecule has 0 fully saturated rings. The summed E-state index contributed by atoms with van der Waals surface area (Å²) in [6.45, 7) is 2.24. The lowest BCUT2D eigenvalue weighted by atomic mass is 10.3. The molecule has 0 aromatic carbocycles. The van der Waals surface area contributed by atoms with Crippen LogP contribution in [0.15, 0.2) is 27.8 Å². The van der Waals surface area contributed by atoms with Gasteiger partial charge in [0, 0.05) is 30.4 Å². The standard InChI is InChI=1S/C12H15BrClN3O3S/c1-8(5-6-20-2)16-21(18,19)12-11(14)15-10-4-3-9(13)7-17(10)12/h3-4,7-8,16H,5-6H2,1-2H3. The van der Waals surface area contributed by atoms with Crippen molar-refractivity contribution in [3.8, 4) is 0 Å². The van der Waals surface area contributed by atoms with Gasteiger partial charge >= 0.3 is 0 Å². The topological polar surface area (TPSA) is 72.7 Å². The number of nitrogens with zero attached hydrogens (tertiary/aromatic N) is 2. The molecule has 0 amide bonds. The van der Waals surface area contributed by atoms with Gasteiger partial charge in [-0.2, -0.15) is 0 Å². The number of sulfonamides is 1. The zero-order valence-electron chi connectivity index (χ0n) is 11.5. The van der Waals surface area contributed by atoms with Crippen molar-refractivity contribution in [2.75, 3.05) is 13.7 Å². The predicted octanol–water partition coefficient (Wildman–Crippen LogP) is 2.45. The molecular weight excluding hydrogens is 382 g/mol. The van der Waals surface area contributed by atoms with Crippen molar-refractivity contribution in [2.45, 2.75) is 24.4 Å². The number of nitrogens with one attached hydrogen (secondary N) is 1. The molecule has 2 rings (SSSR count). The third-order valence-electron chi connectivity index (χ3n) is 2.86. The fourth-order valence-electron chi connectivity index (χ4n) is 1.88. The molecule has 2 aromatic rings. The number of hydrogen-bond donors (Lipinski definition) is 1. The van der Waals surface area contributed by atoms with Gasteiger partial charge in [-0.25, -0.2) is 18.1 Å². The van der Waals surface area contributed by atoms with E-state index < -0.39 is 10.0 Å². The Bertz CT molecular complexity index is 748. The zero-order chi connectivity index (χ0) is 15.6. The Hall–Kier alpha value is -0.670. The fraction of sp³-hybridized carbons (Fsp3) is 0.417. The van der Waals surface area contributed by atoms with Crippen LogP contribution in [0.4, 0.5) is 0 Å². The minimum atomic E-state index is -3.78. The summed E-state index contributed by atoms with van der Waals surface area (Å²) < 4.78 is 34.7. The Labute approximate surface area is 136 Å². The molecule has 0 aliphatic carbocycles. The molecule has 6 nitrogen and oxygen atoms in total. The number of hydrogen-bond acceptors (Lipinski definition) is 4. The largest absolute Gasteiger partial charge is 0.385 e. The predicted molar refractivity (Wildman–Crippen MR) is 84.2 cm³/mol. The van der Waals surface area contributed by atoms with Gasteiger partial charge in [-0.05, 0) is 41.4 Å². The minimum Gasteiger partial charge on any atom is -0.385 e. The highest BCUT2D eigenvalue weighted by Crippen LogP contribution is 2.24. The maximum Gasteiger partial charge on any atom is 0.260 e. The van der Waals surface area contributed by atoms with E-state index >= 15 is 0 Å².